The number of hydrogen-bond acceptors (Lipinski definition) is 1. The van der Waals surface area contributed by atoms with Crippen molar-refractivity contribution in [2.24, 2.45) is 0 Å². The predicted octanol–water partition coefficient (Wildman–Crippen LogP) is 2.50. The molecule has 1 nitrogen and oxygen atoms in total. The van der Waals surface area contributed by atoms with E-state index in [2.05, 4.69) is 0 Å². The van der Waals surface area contributed by atoms with Crippen LogP contribution in [0, 0.1) is 27.7 Å². The van der Waals surface area contributed by atoms with E-state index in [1.165, 1.54) is 0 Å². The summed E-state index contributed by atoms with van der Waals surface area (Å²) >= 11 is 0. The molecule has 0 aromatic heterocycles. The number of anilines is 1. The van der Waals surface area contributed by atoms with Gasteiger partial charge in [0.1, 0.15) is 0 Å². The van der Waals surface area contributed by atoms with Crippen molar-refractivity contribution in [2.45, 2.75) is 27.7 Å². The Balaban J connectivity index is 3.60. The zero-order valence-corrected chi connectivity index (χ0v) is 7.58. The van der Waals surface area contributed by atoms with E-state index >= 15 is 0 Å². The van der Waals surface area contributed by atoms with Crippen molar-refractivity contribution in [2.75, 3.05) is 5.73 Å². The van der Waals surface area contributed by atoms with Gasteiger partial charge in [-0.2, -0.15) is 0 Å². The minimum Gasteiger partial charge on any atom is -0.398 e. The highest BCUT2D eigenvalue weighted by Gasteiger charge is 2.03. The van der Waals surface area contributed by atoms with Gasteiger partial charge < -0.3 is 5.73 Å². The summed E-state index contributed by atoms with van der Waals surface area (Å²) in [6, 6.07) is 0.579. The zero-order chi connectivity index (χ0) is 9.46. The fraction of sp³-hybridized carbons (Fsp3) is 0.400. The molecule has 0 aliphatic heterocycles. The molecule has 0 aliphatic rings. The van der Waals surface area contributed by atoms with E-state index in [1.54, 1.807) is 0 Å². The Morgan fingerprint density at radius 1 is 1.09 bits per heavy atom. The van der Waals surface area contributed by atoms with Gasteiger partial charge in [0.25, 0.3) is 0 Å². The molecule has 1 aromatic carbocycles. The van der Waals surface area contributed by atoms with Crippen molar-refractivity contribution in [1.29, 1.82) is 0 Å². The number of hydrogen-bond donors (Lipinski definition) is 1. The SMILES string of the molecule is [3H]c1c(C)c(C)c(C)c(N)c1C. The van der Waals surface area contributed by atoms with Gasteiger partial charge in [0, 0.05) is 5.69 Å². The summed E-state index contributed by atoms with van der Waals surface area (Å²) in [6.07, 6.45) is 0. The van der Waals surface area contributed by atoms with Crippen LogP contribution in [0.15, 0.2) is 6.04 Å². The molecule has 0 spiro atoms. The maximum Gasteiger partial charge on any atom is 0.0629 e. The normalized spacial score (nSPS) is 11.5. The van der Waals surface area contributed by atoms with E-state index in [0.717, 1.165) is 27.9 Å². The van der Waals surface area contributed by atoms with Crippen LogP contribution in [0.3, 0.4) is 0 Å². The zero-order valence-electron chi connectivity index (χ0n) is 8.58. The summed E-state index contributed by atoms with van der Waals surface area (Å²) in [5.74, 6) is 0. The minimum atomic E-state index is 0.579. The summed E-state index contributed by atoms with van der Waals surface area (Å²) in [5.41, 5.74) is 10.8. The van der Waals surface area contributed by atoms with Gasteiger partial charge in [-0.3, -0.25) is 0 Å². The van der Waals surface area contributed by atoms with Crippen molar-refractivity contribution in [1.82, 2.24) is 0 Å². The van der Waals surface area contributed by atoms with Crippen LogP contribution in [-0.2, 0) is 0 Å². The lowest BCUT2D eigenvalue weighted by Crippen LogP contribution is -1.97. The molecule has 0 radical (unpaired) electrons. The van der Waals surface area contributed by atoms with Gasteiger partial charge in [0.15, 0.2) is 0 Å². The number of rotatable bonds is 0. The Bertz CT molecular complexity index is 224. The molecule has 0 atom stereocenters. The molecule has 1 rings (SSSR count). The monoisotopic (exact) mass is 151 g/mol. The maximum absolute atomic E-state index is 7.74. The van der Waals surface area contributed by atoms with Crippen LogP contribution in [0.1, 0.15) is 23.6 Å². The first-order chi connectivity index (χ1) is 5.46. The highest BCUT2D eigenvalue weighted by Crippen LogP contribution is 2.22. The molecular formula is C10H15N. The second-order valence-corrected chi connectivity index (χ2v) is 3.04. The van der Waals surface area contributed by atoms with Gasteiger partial charge in [-0.25, -0.2) is 0 Å². The molecule has 0 unspecified atom stereocenters. The van der Waals surface area contributed by atoms with E-state index in [4.69, 9.17) is 7.10 Å². The summed E-state index contributed by atoms with van der Waals surface area (Å²) in [5, 5.41) is 0. The van der Waals surface area contributed by atoms with E-state index < -0.39 is 0 Å². The van der Waals surface area contributed by atoms with Crippen molar-refractivity contribution < 1.29 is 1.37 Å². The third-order valence-electron chi connectivity index (χ3n) is 2.31. The third-order valence-corrected chi connectivity index (χ3v) is 2.31. The average molecular weight is 151 g/mol. The average Bonchev–Trinajstić information content (AvgIpc) is 2.08. The quantitative estimate of drug-likeness (QED) is 0.566. The van der Waals surface area contributed by atoms with Crippen LogP contribution >= 0.6 is 0 Å². The van der Waals surface area contributed by atoms with Crippen LogP contribution in [-0.4, -0.2) is 0 Å². The number of benzene rings is 1. The maximum atomic E-state index is 7.74. The van der Waals surface area contributed by atoms with Crippen LogP contribution in [0.5, 0.6) is 0 Å². The fourth-order valence-corrected chi connectivity index (χ4v) is 1.21. The minimum absolute atomic E-state index is 0.579. The van der Waals surface area contributed by atoms with E-state index in [-0.39, 0.29) is 0 Å². The van der Waals surface area contributed by atoms with Crippen molar-refractivity contribution in [3.8, 4) is 0 Å². The first-order valence-electron chi connectivity index (χ1n) is 4.29. The molecule has 0 saturated carbocycles. The van der Waals surface area contributed by atoms with Gasteiger partial charge in [0.05, 0.1) is 1.37 Å². The van der Waals surface area contributed by atoms with E-state index in [9.17, 15) is 0 Å². The van der Waals surface area contributed by atoms with Crippen molar-refractivity contribution in [3.63, 3.8) is 0 Å². The standard InChI is InChI=1S/C10H15N/c1-6-5-7(2)10(11)9(4)8(6)3/h5H,11H2,1-4H3/i5T. The molecule has 0 saturated heterocycles. The smallest absolute Gasteiger partial charge is 0.0629 e. The molecule has 1 heteroatoms. The Morgan fingerprint density at radius 3 is 2.18 bits per heavy atom. The lowest BCUT2D eigenvalue weighted by atomic mass is 9.99. The van der Waals surface area contributed by atoms with Gasteiger partial charge in [-0.15, -0.1) is 0 Å². The summed E-state index contributed by atoms with van der Waals surface area (Å²) in [4.78, 5) is 0. The lowest BCUT2D eigenvalue weighted by Gasteiger charge is -2.10. The van der Waals surface area contributed by atoms with Gasteiger partial charge in [-0.1, -0.05) is 6.04 Å². The van der Waals surface area contributed by atoms with Crippen LogP contribution in [0.25, 0.3) is 0 Å². The van der Waals surface area contributed by atoms with Crippen LogP contribution in [0.2, 0.25) is 0 Å². The van der Waals surface area contributed by atoms with Gasteiger partial charge >= 0.3 is 0 Å². The lowest BCUT2D eigenvalue weighted by molar-refractivity contribution is 1.24. The van der Waals surface area contributed by atoms with E-state index in [0.29, 0.717) is 6.04 Å². The third kappa shape index (κ3) is 1.23. The molecule has 0 aliphatic carbocycles. The molecular weight excluding hydrogens is 134 g/mol. The topological polar surface area (TPSA) is 26.0 Å². The molecule has 0 heterocycles. The molecule has 0 amide bonds. The first kappa shape index (κ1) is 6.71. The Labute approximate surface area is 69.6 Å². The molecule has 0 bridgehead atoms. The van der Waals surface area contributed by atoms with Crippen LogP contribution < -0.4 is 5.73 Å². The number of nitrogens with two attached hydrogens (primary N) is 1. The van der Waals surface area contributed by atoms with Gasteiger partial charge in [0.2, 0.25) is 0 Å². The van der Waals surface area contributed by atoms with Crippen molar-refractivity contribution >= 4 is 5.69 Å². The summed E-state index contributed by atoms with van der Waals surface area (Å²) in [7, 11) is 0. The van der Waals surface area contributed by atoms with Crippen molar-refractivity contribution in [3.05, 3.63) is 28.3 Å². The fourth-order valence-electron chi connectivity index (χ4n) is 1.21. The molecule has 0 fully saturated rings. The van der Waals surface area contributed by atoms with E-state index in [1.807, 2.05) is 27.7 Å². The molecule has 11 heavy (non-hydrogen) atoms. The molecule has 2 N–H and O–H groups in total. The molecule has 60 valence electrons. The summed E-state index contributed by atoms with van der Waals surface area (Å²) < 4.78 is 7.74. The predicted molar refractivity (Wildman–Crippen MR) is 49.8 cm³/mol. The highest BCUT2D eigenvalue weighted by atomic mass is 14.6. The van der Waals surface area contributed by atoms with Gasteiger partial charge in [-0.05, 0) is 49.9 Å². The summed E-state index contributed by atoms with van der Waals surface area (Å²) in [6.45, 7) is 7.89. The number of nitrogen functional groups attached to an aromatic ring is 1. The molecule has 1 aromatic rings. The largest absolute Gasteiger partial charge is 0.398 e. The first-order valence-corrected chi connectivity index (χ1v) is 3.79. The second kappa shape index (κ2) is 2.57. The Kier molecular flexibility index (Phi) is 1.57. The van der Waals surface area contributed by atoms with Crippen LogP contribution in [0.4, 0.5) is 5.69 Å². The highest BCUT2D eigenvalue weighted by molar-refractivity contribution is 5.57. The Hall–Kier alpha value is -0.980. The Morgan fingerprint density at radius 2 is 1.64 bits per heavy atom. The second-order valence-electron chi connectivity index (χ2n) is 3.04.